The van der Waals surface area contributed by atoms with Crippen LogP contribution in [0.4, 0.5) is 0 Å². The topological polar surface area (TPSA) is 58.6 Å². The van der Waals surface area contributed by atoms with Crippen LogP contribution in [0.3, 0.4) is 0 Å². The molecule has 2 aromatic carbocycles. The van der Waals surface area contributed by atoms with Crippen LogP contribution in [0.25, 0.3) is 0 Å². The van der Waals surface area contributed by atoms with Crippen molar-refractivity contribution in [2.24, 2.45) is 0 Å². The van der Waals surface area contributed by atoms with Gasteiger partial charge < -0.3 is 15.0 Å². The number of benzene rings is 2. The second-order valence-electron chi connectivity index (χ2n) is 8.10. The second kappa shape index (κ2) is 8.27. The van der Waals surface area contributed by atoms with Crippen LogP contribution in [-0.4, -0.2) is 29.4 Å². The average Bonchev–Trinajstić information content (AvgIpc) is 3.10. The summed E-state index contributed by atoms with van der Waals surface area (Å²) in [4.78, 5) is 28.0. The van der Waals surface area contributed by atoms with Crippen molar-refractivity contribution in [3.63, 3.8) is 0 Å². The number of carbonyl (C=O) groups is 2. The highest BCUT2D eigenvalue weighted by Crippen LogP contribution is 2.41. The number of para-hydroxylation sites is 1. The van der Waals surface area contributed by atoms with Gasteiger partial charge in [0.25, 0.3) is 5.91 Å². The standard InChI is InChI=1S/C24H28N2O3/c1-29-21-12-6-4-9-18(21)16-25-22(27)15-24(13-7-2-8-14-24)26-17-19-10-3-5-11-20(19)23(26)28/h3-6,9-12H,2,7-8,13-17H2,1H3,(H,25,27). The lowest BCUT2D eigenvalue weighted by atomic mass is 9.77. The van der Waals surface area contributed by atoms with E-state index in [1.807, 2.05) is 53.4 Å². The van der Waals surface area contributed by atoms with Gasteiger partial charge in [-0.05, 0) is 30.5 Å². The molecular weight excluding hydrogens is 364 g/mol. The molecule has 2 aromatic rings. The van der Waals surface area contributed by atoms with E-state index >= 15 is 0 Å². The SMILES string of the molecule is COc1ccccc1CNC(=O)CC1(N2Cc3ccccc3C2=O)CCCCC1. The minimum atomic E-state index is -0.390. The molecule has 1 heterocycles. The van der Waals surface area contributed by atoms with Crippen molar-refractivity contribution in [1.82, 2.24) is 10.2 Å². The van der Waals surface area contributed by atoms with Gasteiger partial charge in [0.1, 0.15) is 5.75 Å². The van der Waals surface area contributed by atoms with Crippen LogP contribution in [0.2, 0.25) is 0 Å². The van der Waals surface area contributed by atoms with Gasteiger partial charge in [-0.25, -0.2) is 0 Å². The minimum absolute atomic E-state index is 0.0124. The lowest BCUT2D eigenvalue weighted by molar-refractivity contribution is -0.124. The molecule has 1 aliphatic carbocycles. The monoisotopic (exact) mass is 392 g/mol. The summed E-state index contributed by atoms with van der Waals surface area (Å²) < 4.78 is 5.37. The molecule has 2 aliphatic rings. The Balaban J connectivity index is 1.49. The fourth-order valence-electron chi connectivity index (χ4n) is 4.79. The summed E-state index contributed by atoms with van der Waals surface area (Å²) in [5.41, 5.74) is 2.41. The zero-order valence-electron chi connectivity index (χ0n) is 16.9. The Labute approximate surface area is 172 Å². The van der Waals surface area contributed by atoms with Crippen LogP contribution in [0.5, 0.6) is 5.75 Å². The number of hydrogen-bond donors (Lipinski definition) is 1. The zero-order valence-corrected chi connectivity index (χ0v) is 16.9. The number of amides is 2. The van der Waals surface area contributed by atoms with Crippen LogP contribution in [0, 0.1) is 0 Å². The Kier molecular flexibility index (Phi) is 5.56. The number of methoxy groups -OCH3 is 1. The molecule has 1 N–H and O–H groups in total. The van der Waals surface area contributed by atoms with Gasteiger partial charge in [-0.1, -0.05) is 55.7 Å². The van der Waals surface area contributed by atoms with Crippen molar-refractivity contribution in [1.29, 1.82) is 0 Å². The molecule has 0 atom stereocenters. The summed E-state index contributed by atoms with van der Waals surface area (Å²) in [6.45, 7) is 1.03. The highest BCUT2D eigenvalue weighted by atomic mass is 16.5. The van der Waals surface area contributed by atoms with Gasteiger partial charge in [-0.3, -0.25) is 9.59 Å². The Hall–Kier alpha value is -2.82. The third-order valence-corrected chi connectivity index (χ3v) is 6.34. The van der Waals surface area contributed by atoms with E-state index < -0.39 is 0 Å². The number of ether oxygens (including phenoxy) is 1. The van der Waals surface area contributed by atoms with E-state index in [2.05, 4.69) is 5.32 Å². The summed E-state index contributed by atoms with van der Waals surface area (Å²) in [7, 11) is 1.63. The lowest BCUT2D eigenvalue weighted by Gasteiger charge is -2.44. The molecule has 0 bridgehead atoms. The summed E-state index contributed by atoms with van der Waals surface area (Å²) in [5.74, 6) is 0.826. The normalized spacial score (nSPS) is 17.7. The van der Waals surface area contributed by atoms with E-state index in [-0.39, 0.29) is 17.4 Å². The molecule has 5 heteroatoms. The predicted octanol–water partition coefficient (Wildman–Crippen LogP) is 4.06. The molecule has 4 rings (SSSR count). The van der Waals surface area contributed by atoms with Gasteiger partial charge in [0.2, 0.25) is 5.91 Å². The first-order valence-corrected chi connectivity index (χ1v) is 10.4. The molecule has 0 spiro atoms. The van der Waals surface area contributed by atoms with Crippen LogP contribution in [-0.2, 0) is 17.9 Å². The molecule has 0 aromatic heterocycles. The van der Waals surface area contributed by atoms with E-state index in [1.165, 1.54) is 6.42 Å². The average molecular weight is 392 g/mol. The van der Waals surface area contributed by atoms with Gasteiger partial charge in [0.15, 0.2) is 0 Å². The molecule has 0 saturated heterocycles. The van der Waals surface area contributed by atoms with Crippen LogP contribution < -0.4 is 10.1 Å². The van der Waals surface area contributed by atoms with Crippen molar-refractivity contribution in [3.05, 3.63) is 65.2 Å². The van der Waals surface area contributed by atoms with Gasteiger partial charge >= 0.3 is 0 Å². The van der Waals surface area contributed by atoms with Crippen LogP contribution >= 0.6 is 0 Å². The Morgan fingerprint density at radius 2 is 1.79 bits per heavy atom. The summed E-state index contributed by atoms with van der Waals surface area (Å²) in [6.07, 6.45) is 5.39. The molecule has 1 saturated carbocycles. The van der Waals surface area contributed by atoms with Crippen molar-refractivity contribution in [2.45, 2.75) is 57.2 Å². The molecule has 1 fully saturated rings. The van der Waals surface area contributed by atoms with Crippen LogP contribution in [0.1, 0.15) is 60.0 Å². The number of rotatable bonds is 6. The summed E-state index contributed by atoms with van der Waals surface area (Å²) >= 11 is 0. The molecule has 2 amide bonds. The fraction of sp³-hybridized carbons (Fsp3) is 0.417. The quantitative estimate of drug-likeness (QED) is 0.806. The molecule has 5 nitrogen and oxygen atoms in total. The van der Waals surface area contributed by atoms with E-state index in [0.29, 0.717) is 19.5 Å². The highest BCUT2D eigenvalue weighted by molar-refractivity contribution is 5.99. The molecular formula is C24H28N2O3. The number of nitrogens with one attached hydrogen (secondary N) is 1. The Morgan fingerprint density at radius 3 is 2.55 bits per heavy atom. The predicted molar refractivity (Wildman–Crippen MR) is 112 cm³/mol. The number of carbonyl (C=O) groups excluding carboxylic acids is 2. The first kappa shape index (κ1) is 19.5. The smallest absolute Gasteiger partial charge is 0.254 e. The van der Waals surface area contributed by atoms with Crippen LogP contribution in [0.15, 0.2) is 48.5 Å². The van der Waals surface area contributed by atoms with Crippen molar-refractivity contribution in [3.8, 4) is 5.75 Å². The van der Waals surface area contributed by atoms with Gasteiger partial charge in [-0.15, -0.1) is 0 Å². The van der Waals surface area contributed by atoms with Gasteiger partial charge in [0, 0.05) is 30.6 Å². The van der Waals surface area contributed by atoms with E-state index in [0.717, 1.165) is 48.1 Å². The van der Waals surface area contributed by atoms with E-state index in [4.69, 9.17) is 4.74 Å². The fourth-order valence-corrected chi connectivity index (χ4v) is 4.79. The maximum absolute atomic E-state index is 13.1. The van der Waals surface area contributed by atoms with E-state index in [1.54, 1.807) is 7.11 Å². The lowest BCUT2D eigenvalue weighted by Crippen LogP contribution is -2.52. The summed E-state index contributed by atoms with van der Waals surface area (Å²) in [6, 6.07) is 15.5. The van der Waals surface area contributed by atoms with Crippen molar-refractivity contribution >= 4 is 11.8 Å². The minimum Gasteiger partial charge on any atom is -0.496 e. The van der Waals surface area contributed by atoms with Crippen molar-refractivity contribution < 1.29 is 14.3 Å². The third-order valence-electron chi connectivity index (χ3n) is 6.34. The first-order chi connectivity index (χ1) is 14.1. The summed E-state index contributed by atoms with van der Waals surface area (Å²) in [5, 5.41) is 3.05. The largest absolute Gasteiger partial charge is 0.496 e. The Morgan fingerprint density at radius 1 is 1.07 bits per heavy atom. The molecule has 1 aliphatic heterocycles. The maximum atomic E-state index is 13.1. The Bertz CT molecular complexity index is 903. The molecule has 0 unspecified atom stereocenters. The molecule has 152 valence electrons. The second-order valence-corrected chi connectivity index (χ2v) is 8.10. The van der Waals surface area contributed by atoms with E-state index in [9.17, 15) is 9.59 Å². The highest BCUT2D eigenvalue weighted by Gasteiger charge is 2.45. The van der Waals surface area contributed by atoms with Gasteiger partial charge in [-0.2, -0.15) is 0 Å². The van der Waals surface area contributed by atoms with Gasteiger partial charge in [0.05, 0.1) is 12.6 Å². The number of fused-ring (bicyclic) bond motifs is 1. The zero-order chi connectivity index (χ0) is 20.3. The maximum Gasteiger partial charge on any atom is 0.254 e. The molecule has 29 heavy (non-hydrogen) atoms. The number of hydrogen-bond acceptors (Lipinski definition) is 3. The third kappa shape index (κ3) is 3.86. The van der Waals surface area contributed by atoms with Crippen molar-refractivity contribution in [2.75, 3.05) is 7.11 Å². The molecule has 0 radical (unpaired) electrons. The number of nitrogens with zero attached hydrogens (tertiary/aromatic N) is 1. The first-order valence-electron chi connectivity index (χ1n) is 10.4.